The first-order valence-electron chi connectivity index (χ1n) is 20.2. The predicted octanol–water partition coefficient (Wildman–Crippen LogP) is 8.02. The number of hydrogen-bond acceptors (Lipinski definition) is 14. The van der Waals surface area contributed by atoms with Crippen LogP contribution in [0.25, 0.3) is 0 Å². The van der Waals surface area contributed by atoms with Crippen LogP contribution >= 0.6 is 0 Å². The van der Waals surface area contributed by atoms with Crippen LogP contribution in [0.3, 0.4) is 0 Å². The molecule has 2 heterocycles. The average molecular weight is 888 g/mol. The summed E-state index contributed by atoms with van der Waals surface area (Å²) < 4.78 is 37.7. The standard InChI is InChI=1S/C18H19NO4.C16H15NO6.C15H15NO3/c1-12-5-4-6-13(9-12)15(19)11-23-18(20)14-7-8-16(21-2)17(10-14)22-3;1-21-15(19)7-11-12(18)4-5-17(16(11)20)8-10-2-3-13-14(6-10)23-9-22-13;1-2-13-10-14(16(17)18)8-9-15(13)19-11-12-6-4-3-5-7-12/h4-10,19H,11H2,1-3H3;2-6,18H,7-9H2,1H3;3-10H,2,11H2,1H3. The van der Waals surface area contributed by atoms with E-state index in [4.69, 9.17) is 33.8 Å². The lowest BCUT2D eigenvalue weighted by Gasteiger charge is -2.10. The maximum atomic E-state index is 12.4. The lowest BCUT2D eigenvalue weighted by atomic mass is 10.1. The number of aryl methyl sites for hydroxylation is 2. The van der Waals surface area contributed by atoms with E-state index in [9.17, 15) is 29.6 Å². The molecule has 338 valence electrons. The molecule has 0 fully saturated rings. The van der Waals surface area contributed by atoms with E-state index in [2.05, 4.69) is 4.74 Å². The van der Waals surface area contributed by atoms with Crippen LogP contribution in [0.15, 0.2) is 126 Å². The first-order valence-corrected chi connectivity index (χ1v) is 20.2. The van der Waals surface area contributed by atoms with Crippen LogP contribution in [0.2, 0.25) is 0 Å². The van der Waals surface area contributed by atoms with Crippen LogP contribution in [0.4, 0.5) is 5.69 Å². The summed E-state index contributed by atoms with van der Waals surface area (Å²) in [4.78, 5) is 46.2. The predicted molar refractivity (Wildman–Crippen MR) is 241 cm³/mol. The molecule has 0 saturated carbocycles. The summed E-state index contributed by atoms with van der Waals surface area (Å²) >= 11 is 0. The summed E-state index contributed by atoms with van der Waals surface area (Å²) in [5.74, 6) is 1.68. The van der Waals surface area contributed by atoms with Crippen molar-refractivity contribution in [3.05, 3.63) is 181 Å². The van der Waals surface area contributed by atoms with Crippen molar-refractivity contribution in [1.29, 1.82) is 5.41 Å². The van der Waals surface area contributed by atoms with Crippen LogP contribution < -0.4 is 29.2 Å². The molecule has 0 spiro atoms. The smallest absolute Gasteiger partial charge is 0.338 e. The lowest BCUT2D eigenvalue weighted by molar-refractivity contribution is -0.384. The fourth-order valence-corrected chi connectivity index (χ4v) is 6.29. The van der Waals surface area contributed by atoms with Crippen LogP contribution in [-0.2, 0) is 40.3 Å². The molecule has 1 aliphatic heterocycles. The number of rotatable bonds is 15. The molecule has 0 atom stereocenters. The highest BCUT2D eigenvalue weighted by atomic mass is 16.7. The second kappa shape index (κ2) is 23.3. The molecule has 16 nitrogen and oxygen atoms in total. The monoisotopic (exact) mass is 887 g/mol. The van der Waals surface area contributed by atoms with Crippen molar-refractivity contribution < 1.29 is 52.8 Å². The number of hydrogen-bond donors (Lipinski definition) is 2. The molecule has 1 aromatic heterocycles. The first-order chi connectivity index (χ1) is 31.3. The van der Waals surface area contributed by atoms with Gasteiger partial charge < -0.3 is 48.2 Å². The molecule has 0 amide bonds. The lowest BCUT2D eigenvalue weighted by Crippen LogP contribution is -2.25. The van der Waals surface area contributed by atoms with Crippen molar-refractivity contribution >= 4 is 23.3 Å². The first kappa shape index (κ1) is 47.9. The Morgan fingerprint density at radius 3 is 2.25 bits per heavy atom. The van der Waals surface area contributed by atoms with Gasteiger partial charge in [-0.15, -0.1) is 0 Å². The number of nitrogens with zero attached hydrogens (tertiary/aromatic N) is 2. The molecule has 0 radical (unpaired) electrons. The van der Waals surface area contributed by atoms with Gasteiger partial charge in [-0.25, -0.2) is 4.79 Å². The summed E-state index contributed by atoms with van der Waals surface area (Å²) in [7, 11) is 4.26. The maximum absolute atomic E-state index is 12.4. The Labute approximate surface area is 375 Å². The molecular weight excluding hydrogens is 839 g/mol. The van der Waals surface area contributed by atoms with Crippen molar-refractivity contribution in [2.24, 2.45) is 0 Å². The van der Waals surface area contributed by atoms with Gasteiger partial charge in [-0.3, -0.25) is 19.7 Å². The van der Waals surface area contributed by atoms with Crippen LogP contribution in [-0.4, -0.2) is 67.0 Å². The number of methoxy groups -OCH3 is 3. The minimum absolute atomic E-state index is 0.0140. The molecule has 7 rings (SSSR count). The zero-order valence-electron chi connectivity index (χ0n) is 36.5. The van der Waals surface area contributed by atoms with Crippen LogP contribution in [0, 0.1) is 22.4 Å². The van der Waals surface area contributed by atoms with Gasteiger partial charge in [0.05, 0.1) is 56.1 Å². The van der Waals surface area contributed by atoms with E-state index in [0.29, 0.717) is 47.3 Å². The molecule has 0 bridgehead atoms. The highest BCUT2D eigenvalue weighted by Gasteiger charge is 2.18. The van der Waals surface area contributed by atoms with Crippen LogP contribution in [0.5, 0.6) is 34.5 Å². The minimum atomic E-state index is -0.585. The number of nitro benzene ring substituents is 1. The molecule has 0 unspecified atom stereocenters. The Bertz CT molecular complexity index is 2680. The fraction of sp³-hybridized carbons (Fsp3) is 0.224. The maximum Gasteiger partial charge on any atom is 0.338 e. The number of nitro groups is 1. The number of ether oxygens (including phenoxy) is 7. The van der Waals surface area contributed by atoms with E-state index < -0.39 is 17.5 Å². The minimum Gasteiger partial charge on any atom is -0.507 e. The van der Waals surface area contributed by atoms with Gasteiger partial charge in [-0.1, -0.05) is 73.2 Å². The fourth-order valence-electron chi connectivity index (χ4n) is 6.29. The van der Waals surface area contributed by atoms with E-state index in [1.807, 2.05) is 74.5 Å². The van der Waals surface area contributed by atoms with Crippen molar-refractivity contribution in [1.82, 2.24) is 4.57 Å². The molecule has 0 saturated heterocycles. The van der Waals surface area contributed by atoms with E-state index in [1.165, 1.54) is 44.2 Å². The molecule has 2 N–H and O–H groups in total. The summed E-state index contributed by atoms with van der Waals surface area (Å²) in [6.07, 6.45) is 1.90. The number of carbonyl (C=O) groups excluding carboxylic acids is 2. The molecule has 0 aliphatic carbocycles. The second-order valence-electron chi connectivity index (χ2n) is 14.2. The molecule has 5 aromatic carbocycles. The van der Waals surface area contributed by atoms with Crippen molar-refractivity contribution in [3.8, 4) is 34.5 Å². The number of non-ortho nitro benzene ring substituents is 1. The zero-order chi connectivity index (χ0) is 46.9. The Kier molecular flexibility index (Phi) is 17.2. The van der Waals surface area contributed by atoms with Gasteiger partial charge in [0.25, 0.3) is 11.2 Å². The second-order valence-corrected chi connectivity index (χ2v) is 14.2. The van der Waals surface area contributed by atoms with E-state index in [0.717, 1.165) is 27.8 Å². The van der Waals surface area contributed by atoms with Gasteiger partial charge in [0.2, 0.25) is 6.79 Å². The number of aromatic nitrogens is 1. The third-order valence-electron chi connectivity index (χ3n) is 9.79. The number of pyridine rings is 1. The highest BCUT2D eigenvalue weighted by molar-refractivity contribution is 6.01. The van der Waals surface area contributed by atoms with Gasteiger partial charge in [-0.05, 0) is 72.5 Å². The van der Waals surface area contributed by atoms with Crippen LogP contribution in [0.1, 0.15) is 50.7 Å². The summed E-state index contributed by atoms with van der Waals surface area (Å²) in [6.45, 7) is 4.74. The van der Waals surface area contributed by atoms with Crippen molar-refractivity contribution in [2.45, 2.75) is 39.8 Å². The number of nitrogens with one attached hydrogen (secondary N) is 1. The summed E-state index contributed by atoms with van der Waals surface area (Å²) in [5.41, 5.74) is 4.84. The third-order valence-corrected chi connectivity index (χ3v) is 9.79. The zero-order valence-corrected chi connectivity index (χ0v) is 36.5. The topological polar surface area (TPSA) is 208 Å². The van der Waals surface area contributed by atoms with Gasteiger partial charge in [0.15, 0.2) is 23.0 Å². The molecule has 65 heavy (non-hydrogen) atoms. The van der Waals surface area contributed by atoms with Gasteiger partial charge >= 0.3 is 11.9 Å². The highest BCUT2D eigenvalue weighted by Crippen LogP contribution is 2.33. The average Bonchev–Trinajstić information content (AvgIpc) is 3.80. The van der Waals surface area contributed by atoms with E-state index in [-0.39, 0.29) is 54.0 Å². The molecule has 1 aliphatic rings. The SMILES string of the molecule is CCc1cc([N+](=O)[O-])ccc1OCc1ccccc1.COC(=O)Cc1c(O)ccn(Cc2ccc3c(c2)OCO3)c1=O.COc1ccc(C(=O)OCC(=N)c2cccc(C)c2)cc1OC. The number of esters is 2. The molecular formula is C49H49N3O13. The van der Waals surface area contributed by atoms with E-state index >= 15 is 0 Å². The van der Waals surface area contributed by atoms with E-state index in [1.54, 1.807) is 42.5 Å². The molecule has 6 aromatic rings. The number of benzene rings is 5. The van der Waals surface area contributed by atoms with Gasteiger partial charge in [0, 0.05) is 23.9 Å². The number of fused-ring (bicyclic) bond motifs is 1. The van der Waals surface area contributed by atoms with Gasteiger partial charge in [0.1, 0.15) is 24.7 Å². The van der Waals surface area contributed by atoms with Gasteiger partial charge in [-0.2, -0.15) is 0 Å². The Morgan fingerprint density at radius 2 is 1.55 bits per heavy atom. The summed E-state index contributed by atoms with van der Waals surface area (Å²) in [5, 5.41) is 28.5. The van der Waals surface area contributed by atoms with Crippen molar-refractivity contribution in [2.75, 3.05) is 34.7 Å². The molecule has 16 heteroatoms. The normalized spacial score (nSPS) is 10.8. The number of carbonyl (C=O) groups is 2. The third kappa shape index (κ3) is 13.4. The largest absolute Gasteiger partial charge is 0.507 e. The Balaban J connectivity index is 0.000000184. The number of aromatic hydroxyl groups is 1. The summed E-state index contributed by atoms with van der Waals surface area (Å²) in [6, 6.07) is 33.6. The quantitative estimate of drug-likeness (QED) is 0.0434. The van der Waals surface area contributed by atoms with Crippen molar-refractivity contribution in [3.63, 3.8) is 0 Å². The Hall–Kier alpha value is -8.14. The Morgan fingerprint density at radius 1 is 0.815 bits per heavy atom.